The molecule has 0 spiro atoms. The maximum absolute atomic E-state index is 11.2. The topological polar surface area (TPSA) is 156 Å². The number of aliphatic carboxylic acids is 1. The number of ether oxygens (including phenoxy) is 11. The lowest BCUT2D eigenvalue weighted by atomic mass is 10.3. The van der Waals surface area contributed by atoms with Crippen LogP contribution in [0.3, 0.4) is 0 Å². The Bertz CT molecular complexity index is 552. The van der Waals surface area contributed by atoms with Gasteiger partial charge in [0.25, 0.3) is 0 Å². The Kier molecular flexibility index (Phi) is 33.5. The zero-order valence-electron chi connectivity index (χ0n) is 24.7. The first-order valence-electron chi connectivity index (χ1n) is 14.3. The number of carbonyl (C=O) groups excluding carboxylic acids is 1. The van der Waals surface area contributed by atoms with E-state index in [1.165, 1.54) is 0 Å². The lowest BCUT2D eigenvalue weighted by Gasteiger charge is -2.09. The van der Waals surface area contributed by atoms with Gasteiger partial charge in [-0.2, -0.15) is 0 Å². The first-order chi connectivity index (χ1) is 20.2. The predicted octanol–water partition coefficient (Wildman–Crippen LogP) is 0.970. The third-order valence-electron chi connectivity index (χ3n) is 4.75. The second kappa shape index (κ2) is 34.7. The molecule has 0 aliphatic rings. The highest BCUT2D eigenvalue weighted by molar-refractivity contribution is 5.69. The van der Waals surface area contributed by atoms with Crippen LogP contribution in [0, 0.1) is 0 Å². The van der Waals surface area contributed by atoms with E-state index in [1.807, 2.05) is 6.92 Å². The van der Waals surface area contributed by atoms with Crippen LogP contribution in [0.1, 0.15) is 26.2 Å². The SMILES string of the molecule is CCCC(=O)OCCOCCOCCOCCOCCOCCOCCOCCOCCOCCOCCC(=O)O. The summed E-state index contributed by atoms with van der Waals surface area (Å²) in [5.41, 5.74) is 0. The van der Waals surface area contributed by atoms with E-state index < -0.39 is 5.97 Å². The monoisotopic (exact) mass is 600 g/mol. The molecule has 0 aromatic rings. The molecule has 14 heteroatoms. The summed E-state index contributed by atoms with van der Waals surface area (Å²) >= 11 is 0. The number of rotatable bonds is 35. The van der Waals surface area contributed by atoms with Gasteiger partial charge in [0, 0.05) is 6.42 Å². The van der Waals surface area contributed by atoms with Crippen molar-refractivity contribution in [3.63, 3.8) is 0 Å². The summed E-state index contributed by atoms with van der Waals surface area (Å²) in [6.07, 6.45) is 1.21. The Hall–Kier alpha value is -1.46. The minimum atomic E-state index is -0.876. The van der Waals surface area contributed by atoms with E-state index in [2.05, 4.69) is 0 Å². The molecule has 1 N–H and O–H groups in total. The van der Waals surface area contributed by atoms with Gasteiger partial charge < -0.3 is 57.2 Å². The molecule has 244 valence electrons. The molecule has 0 unspecified atom stereocenters. The molecule has 0 aromatic carbocycles. The summed E-state index contributed by atoms with van der Waals surface area (Å²) in [5.74, 6) is -1.07. The van der Waals surface area contributed by atoms with Gasteiger partial charge in [-0.05, 0) is 6.42 Å². The van der Waals surface area contributed by atoms with Gasteiger partial charge >= 0.3 is 11.9 Å². The summed E-state index contributed by atoms with van der Waals surface area (Å²) < 4.78 is 58.6. The fourth-order valence-electron chi connectivity index (χ4n) is 2.73. The number of carboxylic acids is 1. The molecule has 0 radical (unpaired) electrons. The molecular formula is C27H52O14. The molecule has 0 saturated heterocycles. The Balaban J connectivity index is 3.06. The van der Waals surface area contributed by atoms with Crippen molar-refractivity contribution in [3.05, 3.63) is 0 Å². The lowest BCUT2D eigenvalue weighted by Crippen LogP contribution is -2.15. The smallest absolute Gasteiger partial charge is 0.305 e. The number of hydrogen-bond acceptors (Lipinski definition) is 13. The van der Waals surface area contributed by atoms with Gasteiger partial charge in [0.2, 0.25) is 0 Å². The molecule has 0 atom stereocenters. The first-order valence-corrected chi connectivity index (χ1v) is 14.3. The zero-order chi connectivity index (χ0) is 29.9. The van der Waals surface area contributed by atoms with Crippen LogP contribution in [0.5, 0.6) is 0 Å². The molecule has 0 aromatic heterocycles. The minimum absolute atomic E-state index is 0.00401. The quantitative estimate of drug-likeness (QED) is 0.0811. The van der Waals surface area contributed by atoms with E-state index in [0.29, 0.717) is 132 Å². The van der Waals surface area contributed by atoms with E-state index in [-0.39, 0.29) is 25.6 Å². The molecule has 0 fully saturated rings. The van der Waals surface area contributed by atoms with Crippen molar-refractivity contribution < 1.29 is 66.8 Å². The maximum Gasteiger partial charge on any atom is 0.305 e. The fraction of sp³-hybridized carbons (Fsp3) is 0.926. The van der Waals surface area contributed by atoms with Crippen LogP contribution in [-0.2, 0) is 61.7 Å². The van der Waals surface area contributed by atoms with Crippen molar-refractivity contribution in [2.75, 3.05) is 139 Å². The Labute approximate surface area is 244 Å². The highest BCUT2D eigenvalue weighted by Crippen LogP contribution is 1.91. The van der Waals surface area contributed by atoms with Gasteiger partial charge in [-0.1, -0.05) is 6.92 Å². The highest BCUT2D eigenvalue weighted by atomic mass is 16.6. The minimum Gasteiger partial charge on any atom is -0.481 e. The molecule has 0 heterocycles. The average Bonchev–Trinajstić information content (AvgIpc) is 2.95. The molecule has 41 heavy (non-hydrogen) atoms. The summed E-state index contributed by atoms with van der Waals surface area (Å²) in [6.45, 7) is 11.1. The molecular weight excluding hydrogens is 548 g/mol. The Morgan fingerprint density at radius 3 is 0.878 bits per heavy atom. The number of carboxylic acid groups (broad SMARTS) is 1. The van der Waals surface area contributed by atoms with Gasteiger partial charge in [-0.25, -0.2) is 0 Å². The number of esters is 1. The fourth-order valence-corrected chi connectivity index (χ4v) is 2.73. The number of carbonyl (C=O) groups is 2. The molecule has 0 amide bonds. The second-order valence-electron chi connectivity index (χ2n) is 8.24. The molecule has 0 aliphatic heterocycles. The van der Waals surface area contributed by atoms with Crippen LogP contribution < -0.4 is 0 Å². The summed E-state index contributed by atoms with van der Waals surface area (Å²) in [5, 5.41) is 8.47. The molecule has 14 nitrogen and oxygen atoms in total. The van der Waals surface area contributed by atoms with Crippen molar-refractivity contribution in [2.24, 2.45) is 0 Å². The van der Waals surface area contributed by atoms with E-state index in [9.17, 15) is 9.59 Å². The summed E-state index contributed by atoms with van der Waals surface area (Å²) in [6, 6.07) is 0. The third kappa shape index (κ3) is 36.5. The number of hydrogen-bond donors (Lipinski definition) is 1. The predicted molar refractivity (Wildman–Crippen MR) is 146 cm³/mol. The largest absolute Gasteiger partial charge is 0.481 e. The molecule has 0 bridgehead atoms. The van der Waals surface area contributed by atoms with Crippen molar-refractivity contribution >= 4 is 11.9 Å². The molecule has 0 rings (SSSR count). The standard InChI is InChI=1S/C27H52O14/c1-2-3-27(30)41-25-24-40-23-22-39-21-20-38-19-18-37-17-16-36-15-14-35-13-12-34-11-10-33-9-8-32-7-6-31-5-4-26(28)29/h2-25H2,1H3,(H,28,29). The lowest BCUT2D eigenvalue weighted by molar-refractivity contribution is -0.145. The average molecular weight is 601 g/mol. The van der Waals surface area contributed by atoms with E-state index in [1.54, 1.807) is 0 Å². The van der Waals surface area contributed by atoms with Gasteiger partial charge in [-0.15, -0.1) is 0 Å². The maximum atomic E-state index is 11.2. The van der Waals surface area contributed by atoms with E-state index in [0.717, 1.165) is 6.42 Å². The third-order valence-corrected chi connectivity index (χ3v) is 4.75. The first kappa shape index (κ1) is 39.5. The van der Waals surface area contributed by atoms with Gasteiger partial charge in [0.1, 0.15) is 6.61 Å². The molecule has 0 saturated carbocycles. The Morgan fingerprint density at radius 1 is 0.390 bits per heavy atom. The van der Waals surface area contributed by atoms with Gasteiger partial charge in [-0.3, -0.25) is 9.59 Å². The van der Waals surface area contributed by atoms with Crippen LogP contribution >= 0.6 is 0 Å². The second-order valence-corrected chi connectivity index (χ2v) is 8.24. The van der Waals surface area contributed by atoms with Crippen LogP contribution in [0.15, 0.2) is 0 Å². The normalized spacial score (nSPS) is 11.2. The molecule has 0 aliphatic carbocycles. The van der Waals surface area contributed by atoms with E-state index >= 15 is 0 Å². The van der Waals surface area contributed by atoms with Gasteiger partial charge in [0.15, 0.2) is 0 Å². The van der Waals surface area contributed by atoms with Crippen LogP contribution in [0.25, 0.3) is 0 Å². The van der Waals surface area contributed by atoms with Crippen LogP contribution in [0.2, 0.25) is 0 Å². The van der Waals surface area contributed by atoms with E-state index in [4.69, 9.17) is 57.2 Å². The van der Waals surface area contributed by atoms with Crippen molar-refractivity contribution in [3.8, 4) is 0 Å². The van der Waals surface area contributed by atoms with Crippen molar-refractivity contribution in [1.29, 1.82) is 0 Å². The summed E-state index contributed by atoms with van der Waals surface area (Å²) in [4.78, 5) is 21.5. The van der Waals surface area contributed by atoms with Crippen LogP contribution in [-0.4, -0.2) is 156 Å². The van der Waals surface area contributed by atoms with Crippen LogP contribution in [0.4, 0.5) is 0 Å². The zero-order valence-corrected chi connectivity index (χ0v) is 24.7. The van der Waals surface area contributed by atoms with Crippen molar-refractivity contribution in [1.82, 2.24) is 0 Å². The Morgan fingerprint density at radius 2 is 0.634 bits per heavy atom. The highest BCUT2D eigenvalue weighted by Gasteiger charge is 2.00. The summed E-state index contributed by atoms with van der Waals surface area (Å²) in [7, 11) is 0. The van der Waals surface area contributed by atoms with Crippen molar-refractivity contribution in [2.45, 2.75) is 26.2 Å². The van der Waals surface area contributed by atoms with Gasteiger partial charge in [0.05, 0.1) is 139 Å².